The van der Waals surface area contributed by atoms with Gasteiger partial charge in [-0.05, 0) is 30.2 Å². The van der Waals surface area contributed by atoms with Crippen molar-refractivity contribution in [3.63, 3.8) is 0 Å². The molecule has 0 fully saturated rings. The van der Waals surface area contributed by atoms with Gasteiger partial charge in [0.25, 0.3) is 0 Å². The predicted molar refractivity (Wildman–Crippen MR) is 71.4 cm³/mol. The summed E-state index contributed by atoms with van der Waals surface area (Å²) in [5, 5.41) is 18.7. The molecule has 0 aliphatic carbocycles. The zero-order chi connectivity index (χ0) is 12.9. The van der Waals surface area contributed by atoms with Crippen LogP contribution in [0, 0.1) is 5.41 Å². The number of anilines is 1. The van der Waals surface area contributed by atoms with Gasteiger partial charge in [0.15, 0.2) is 0 Å². The molecule has 3 N–H and O–H groups in total. The maximum absolute atomic E-state index is 11.6. The van der Waals surface area contributed by atoms with Gasteiger partial charge in [-0.25, -0.2) is 4.79 Å². The van der Waals surface area contributed by atoms with Gasteiger partial charge in [-0.15, -0.1) is 0 Å². The summed E-state index contributed by atoms with van der Waals surface area (Å²) in [5.74, 6) is 0. The van der Waals surface area contributed by atoms with E-state index in [1.54, 1.807) is 6.92 Å². The monoisotopic (exact) mass is 256 g/mol. The molecule has 4 nitrogen and oxygen atoms in total. The molecule has 0 spiro atoms. The van der Waals surface area contributed by atoms with Crippen molar-refractivity contribution in [2.45, 2.75) is 33.3 Å². The Morgan fingerprint density at radius 2 is 2.29 bits per heavy atom. The van der Waals surface area contributed by atoms with Crippen molar-refractivity contribution < 1.29 is 9.90 Å². The lowest BCUT2D eigenvalue weighted by molar-refractivity contribution is 0.129. The Bertz CT molecular complexity index is 347. The number of urea groups is 1. The van der Waals surface area contributed by atoms with E-state index in [0.717, 1.165) is 5.69 Å². The predicted octanol–water partition coefficient (Wildman–Crippen LogP) is 2.67. The van der Waals surface area contributed by atoms with Gasteiger partial charge in [0.05, 0.1) is 11.8 Å². The van der Waals surface area contributed by atoms with Crippen LogP contribution in [0.15, 0.2) is 16.8 Å². The first-order chi connectivity index (χ1) is 7.89. The minimum absolute atomic E-state index is 0.111. The van der Waals surface area contributed by atoms with Crippen LogP contribution >= 0.6 is 11.3 Å². The van der Waals surface area contributed by atoms with E-state index in [-0.39, 0.29) is 17.6 Å². The van der Waals surface area contributed by atoms with Crippen LogP contribution in [0.25, 0.3) is 0 Å². The summed E-state index contributed by atoms with van der Waals surface area (Å²) in [7, 11) is 0. The first-order valence-electron chi connectivity index (χ1n) is 5.64. The molecular formula is C12H20N2O2S. The van der Waals surface area contributed by atoms with Crippen LogP contribution < -0.4 is 10.6 Å². The van der Waals surface area contributed by atoms with Gasteiger partial charge >= 0.3 is 6.03 Å². The van der Waals surface area contributed by atoms with Gasteiger partial charge in [0, 0.05) is 11.9 Å². The van der Waals surface area contributed by atoms with Gasteiger partial charge in [-0.1, -0.05) is 13.8 Å². The van der Waals surface area contributed by atoms with Crippen molar-refractivity contribution in [2.24, 2.45) is 5.41 Å². The molecule has 0 saturated carbocycles. The molecule has 1 aromatic rings. The van der Waals surface area contributed by atoms with Crippen LogP contribution in [0.1, 0.15) is 27.2 Å². The van der Waals surface area contributed by atoms with Crippen molar-refractivity contribution in [2.75, 3.05) is 11.9 Å². The van der Waals surface area contributed by atoms with Crippen molar-refractivity contribution in [3.05, 3.63) is 16.8 Å². The molecule has 0 aliphatic rings. The van der Waals surface area contributed by atoms with E-state index in [4.69, 9.17) is 0 Å². The number of amides is 2. The zero-order valence-corrected chi connectivity index (χ0v) is 11.3. The molecule has 0 aliphatic heterocycles. The highest BCUT2D eigenvalue weighted by molar-refractivity contribution is 7.08. The Labute approximate surface area is 106 Å². The Hall–Kier alpha value is -1.07. The average Bonchev–Trinajstić information content (AvgIpc) is 2.65. The topological polar surface area (TPSA) is 61.4 Å². The van der Waals surface area contributed by atoms with E-state index in [1.807, 2.05) is 30.7 Å². The maximum atomic E-state index is 11.6. The van der Waals surface area contributed by atoms with E-state index in [0.29, 0.717) is 13.0 Å². The molecule has 0 bridgehead atoms. The molecule has 5 heteroatoms. The molecule has 96 valence electrons. The fourth-order valence-corrected chi connectivity index (χ4v) is 2.29. The highest BCUT2D eigenvalue weighted by Crippen LogP contribution is 2.21. The first kappa shape index (κ1) is 14.0. The molecule has 1 heterocycles. The molecule has 1 unspecified atom stereocenters. The summed E-state index contributed by atoms with van der Waals surface area (Å²) >= 11 is 1.54. The van der Waals surface area contributed by atoms with Crippen molar-refractivity contribution in [1.29, 1.82) is 0 Å². The lowest BCUT2D eigenvalue weighted by atomic mass is 9.87. The maximum Gasteiger partial charge on any atom is 0.319 e. The Morgan fingerprint density at radius 1 is 1.59 bits per heavy atom. The van der Waals surface area contributed by atoms with Crippen molar-refractivity contribution in [3.8, 4) is 0 Å². The normalized spacial score (nSPS) is 13.2. The minimum atomic E-state index is -0.355. The molecule has 1 rings (SSSR count). The fourth-order valence-electron chi connectivity index (χ4n) is 1.70. The van der Waals surface area contributed by atoms with E-state index < -0.39 is 0 Å². The first-order valence-corrected chi connectivity index (χ1v) is 6.58. The van der Waals surface area contributed by atoms with Crippen LogP contribution in [0.2, 0.25) is 0 Å². The van der Waals surface area contributed by atoms with Gasteiger partial charge < -0.3 is 15.7 Å². The number of aliphatic hydroxyl groups excluding tert-OH is 1. The fraction of sp³-hybridized carbons (Fsp3) is 0.583. The Kier molecular flexibility index (Phi) is 4.96. The Morgan fingerprint density at radius 3 is 2.82 bits per heavy atom. The Balaban J connectivity index is 2.32. The molecule has 2 amide bonds. The van der Waals surface area contributed by atoms with Crippen LogP contribution in [0.4, 0.5) is 10.5 Å². The SMILES string of the molecule is CC(O)CC(C)(C)CNC(=O)Nc1ccsc1. The molecule has 0 saturated heterocycles. The largest absolute Gasteiger partial charge is 0.393 e. The summed E-state index contributed by atoms with van der Waals surface area (Å²) in [6.07, 6.45) is 0.304. The van der Waals surface area contributed by atoms with Crippen LogP contribution in [0.3, 0.4) is 0 Å². The van der Waals surface area contributed by atoms with E-state index >= 15 is 0 Å². The highest BCUT2D eigenvalue weighted by Gasteiger charge is 2.20. The third-order valence-electron chi connectivity index (χ3n) is 2.35. The van der Waals surface area contributed by atoms with Gasteiger partial charge in [-0.3, -0.25) is 0 Å². The second-order valence-electron chi connectivity index (χ2n) is 5.04. The minimum Gasteiger partial charge on any atom is -0.393 e. The van der Waals surface area contributed by atoms with Crippen molar-refractivity contribution in [1.82, 2.24) is 5.32 Å². The number of nitrogens with one attached hydrogen (secondary N) is 2. The zero-order valence-electron chi connectivity index (χ0n) is 10.5. The quantitative estimate of drug-likeness (QED) is 0.758. The van der Waals surface area contributed by atoms with Crippen LogP contribution in [0.5, 0.6) is 0 Å². The average molecular weight is 256 g/mol. The van der Waals surface area contributed by atoms with E-state index in [1.165, 1.54) is 11.3 Å². The van der Waals surface area contributed by atoms with Crippen molar-refractivity contribution >= 4 is 23.1 Å². The smallest absolute Gasteiger partial charge is 0.319 e. The number of thiophene rings is 1. The molecule has 1 aromatic heterocycles. The lowest BCUT2D eigenvalue weighted by Gasteiger charge is -2.26. The molecule has 0 radical (unpaired) electrons. The summed E-state index contributed by atoms with van der Waals surface area (Å²) < 4.78 is 0. The van der Waals surface area contributed by atoms with Gasteiger partial charge in [-0.2, -0.15) is 11.3 Å². The third-order valence-corrected chi connectivity index (χ3v) is 3.04. The molecule has 1 atom stereocenters. The standard InChI is InChI=1S/C12H20N2O2S/c1-9(15)6-12(2,3)8-13-11(16)14-10-4-5-17-7-10/h4-5,7,9,15H,6,8H2,1-3H3,(H2,13,14,16). The number of carbonyl (C=O) groups is 1. The number of carbonyl (C=O) groups excluding carboxylic acids is 1. The number of hydrogen-bond acceptors (Lipinski definition) is 3. The molecule has 17 heavy (non-hydrogen) atoms. The lowest BCUT2D eigenvalue weighted by Crippen LogP contribution is -2.38. The van der Waals surface area contributed by atoms with E-state index in [2.05, 4.69) is 10.6 Å². The molecule has 0 aromatic carbocycles. The third kappa shape index (κ3) is 5.70. The van der Waals surface area contributed by atoms with Crippen LogP contribution in [-0.4, -0.2) is 23.8 Å². The van der Waals surface area contributed by atoms with Crippen LogP contribution in [-0.2, 0) is 0 Å². The van der Waals surface area contributed by atoms with Gasteiger partial charge in [0.1, 0.15) is 0 Å². The summed E-state index contributed by atoms with van der Waals surface area (Å²) in [5.41, 5.74) is 0.695. The molecular weight excluding hydrogens is 236 g/mol. The van der Waals surface area contributed by atoms with Gasteiger partial charge in [0.2, 0.25) is 0 Å². The van der Waals surface area contributed by atoms with E-state index in [9.17, 15) is 9.90 Å². The number of hydrogen-bond donors (Lipinski definition) is 3. The second kappa shape index (κ2) is 6.02. The number of aliphatic hydroxyl groups is 1. The summed E-state index contributed by atoms with van der Waals surface area (Å²) in [6, 6.07) is 1.65. The summed E-state index contributed by atoms with van der Waals surface area (Å²) in [4.78, 5) is 11.6. The highest BCUT2D eigenvalue weighted by atomic mass is 32.1. The second-order valence-corrected chi connectivity index (χ2v) is 5.82. The summed E-state index contributed by atoms with van der Waals surface area (Å²) in [6.45, 7) is 6.33. The number of rotatable bonds is 5.